The number of thioether (sulfide) groups is 1. The van der Waals surface area contributed by atoms with Crippen LogP contribution in [0.1, 0.15) is 24.0 Å². The number of rotatable bonds is 8. The van der Waals surface area contributed by atoms with Gasteiger partial charge in [-0.3, -0.25) is 0 Å². The number of hydrogen-bond acceptors (Lipinski definition) is 3. The van der Waals surface area contributed by atoms with Crippen LogP contribution in [0, 0.1) is 11.3 Å². The van der Waals surface area contributed by atoms with Gasteiger partial charge < -0.3 is 4.74 Å². The number of nitrogens with zero attached hydrogens (tertiary/aromatic N) is 1. The van der Waals surface area contributed by atoms with Crippen LogP contribution in [0.4, 0.5) is 0 Å². The van der Waals surface area contributed by atoms with Crippen molar-refractivity contribution in [2.45, 2.75) is 18.6 Å². The van der Waals surface area contributed by atoms with Crippen molar-refractivity contribution in [3.8, 4) is 11.8 Å². The summed E-state index contributed by atoms with van der Waals surface area (Å²) in [6.07, 6.45) is 2.18. The lowest BCUT2D eigenvalue weighted by atomic mass is 10.2. The Bertz CT molecular complexity index is 604. The Hall–Kier alpha value is -1.63. The second-order valence-electron chi connectivity index (χ2n) is 4.87. The maximum Gasteiger partial charge on any atom is 0.119 e. The molecule has 0 aromatic heterocycles. The molecular formula is C18H18ClNOS. The highest BCUT2D eigenvalue weighted by Gasteiger charge is 1.97. The van der Waals surface area contributed by atoms with Crippen LogP contribution in [0.15, 0.2) is 48.5 Å². The minimum atomic E-state index is 0.716. The molecule has 2 nitrogen and oxygen atoms in total. The molecule has 0 saturated carbocycles. The molecule has 0 N–H and O–H groups in total. The third kappa shape index (κ3) is 6.01. The summed E-state index contributed by atoms with van der Waals surface area (Å²) in [5.74, 6) is 2.97. The van der Waals surface area contributed by atoms with E-state index in [1.807, 2.05) is 60.3 Å². The highest BCUT2D eigenvalue weighted by Crippen LogP contribution is 2.17. The van der Waals surface area contributed by atoms with Gasteiger partial charge in [-0.05, 0) is 60.6 Å². The summed E-state index contributed by atoms with van der Waals surface area (Å²) in [4.78, 5) is 0. The van der Waals surface area contributed by atoms with Crippen LogP contribution in [-0.4, -0.2) is 12.4 Å². The molecule has 0 atom stereocenters. The molecule has 0 fully saturated rings. The zero-order valence-corrected chi connectivity index (χ0v) is 13.9. The summed E-state index contributed by atoms with van der Waals surface area (Å²) in [6.45, 7) is 0.735. The first kappa shape index (κ1) is 16.7. The van der Waals surface area contributed by atoms with Gasteiger partial charge in [-0.15, -0.1) is 0 Å². The van der Waals surface area contributed by atoms with Crippen molar-refractivity contribution in [1.29, 1.82) is 5.26 Å². The van der Waals surface area contributed by atoms with E-state index in [2.05, 4.69) is 6.07 Å². The van der Waals surface area contributed by atoms with Gasteiger partial charge in [0.25, 0.3) is 0 Å². The predicted molar refractivity (Wildman–Crippen MR) is 93.5 cm³/mol. The Kier molecular flexibility index (Phi) is 7.15. The van der Waals surface area contributed by atoms with Crippen molar-refractivity contribution < 1.29 is 4.74 Å². The van der Waals surface area contributed by atoms with Crippen LogP contribution >= 0.6 is 23.4 Å². The summed E-state index contributed by atoms with van der Waals surface area (Å²) in [7, 11) is 0. The lowest BCUT2D eigenvalue weighted by Gasteiger charge is -2.06. The largest absolute Gasteiger partial charge is 0.494 e. The predicted octanol–water partition coefficient (Wildman–Crippen LogP) is 5.30. The van der Waals surface area contributed by atoms with Gasteiger partial charge in [-0.1, -0.05) is 23.7 Å². The smallest absolute Gasteiger partial charge is 0.119 e. The molecule has 0 aliphatic carbocycles. The lowest BCUT2D eigenvalue weighted by Crippen LogP contribution is -1.97. The molecule has 2 rings (SSSR count). The summed E-state index contributed by atoms with van der Waals surface area (Å²) in [6, 6.07) is 17.4. The second-order valence-corrected chi connectivity index (χ2v) is 6.41. The quantitative estimate of drug-likeness (QED) is 0.615. The highest BCUT2D eigenvalue weighted by atomic mass is 35.5. The Balaban J connectivity index is 1.54. The Morgan fingerprint density at radius 2 is 1.73 bits per heavy atom. The van der Waals surface area contributed by atoms with Crippen LogP contribution in [0.5, 0.6) is 5.75 Å². The molecule has 2 aromatic carbocycles. The van der Waals surface area contributed by atoms with Gasteiger partial charge in [0.05, 0.1) is 18.2 Å². The van der Waals surface area contributed by atoms with Gasteiger partial charge in [0.15, 0.2) is 0 Å². The van der Waals surface area contributed by atoms with Gasteiger partial charge in [-0.2, -0.15) is 17.0 Å². The first-order valence-corrected chi connectivity index (χ1v) is 8.76. The van der Waals surface area contributed by atoms with Crippen LogP contribution < -0.4 is 4.74 Å². The van der Waals surface area contributed by atoms with Gasteiger partial charge >= 0.3 is 0 Å². The number of ether oxygens (including phenoxy) is 1. The highest BCUT2D eigenvalue weighted by molar-refractivity contribution is 7.98. The maximum absolute atomic E-state index is 8.75. The van der Waals surface area contributed by atoms with E-state index < -0.39 is 0 Å². The molecule has 0 radical (unpaired) electrons. The fourth-order valence-corrected chi connectivity index (χ4v) is 3.00. The third-order valence-corrected chi connectivity index (χ3v) is 4.48. The minimum Gasteiger partial charge on any atom is -0.494 e. The Morgan fingerprint density at radius 3 is 2.41 bits per heavy atom. The monoisotopic (exact) mass is 331 g/mol. The van der Waals surface area contributed by atoms with Gasteiger partial charge in [0, 0.05) is 10.8 Å². The molecule has 0 amide bonds. The lowest BCUT2D eigenvalue weighted by molar-refractivity contribution is 0.310. The number of benzene rings is 2. The average Bonchev–Trinajstić information content (AvgIpc) is 2.56. The summed E-state index contributed by atoms with van der Waals surface area (Å²) >= 11 is 7.74. The summed E-state index contributed by atoms with van der Waals surface area (Å²) < 4.78 is 5.65. The van der Waals surface area contributed by atoms with Crippen molar-refractivity contribution in [2.24, 2.45) is 0 Å². The molecule has 114 valence electrons. The van der Waals surface area contributed by atoms with E-state index in [4.69, 9.17) is 21.6 Å². The normalized spacial score (nSPS) is 10.2. The zero-order valence-electron chi connectivity index (χ0n) is 12.3. The molecule has 22 heavy (non-hydrogen) atoms. The molecular weight excluding hydrogens is 314 g/mol. The Morgan fingerprint density at radius 1 is 1.00 bits per heavy atom. The molecule has 0 heterocycles. The molecule has 0 bridgehead atoms. The molecule has 0 unspecified atom stereocenters. The van der Waals surface area contributed by atoms with E-state index in [-0.39, 0.29) is 0 Å². The maximum atomic E-state index is 8.75. The fourth-order valence-electron chi connectivity index (χ4n) is 1.89. The van der Waals surface area contributed by atoms with E-state index in [9.17, 15) is 0 Å². The van der Waals surface area contributed by atoms with Crippen molar-refractivity contribution in [3.63, 3.8) is 0 Å². The van der Waals surface area contributed by atoms with Crippen molar-refractivity contribution >= 4 is 23.4 Å². The molecule has 0 aliphatic heterocycles. The molecule has 4 heteroatoms. The topological polar surface area (TPSA) is 33.0 Å². The van der Waals surface area contributed by atoms with Crippen LogP contribution in [0.2, 0.25) is 5.02 Å². The van der Waals surface area contributed by atoms with Crippen molar-refractivity contribution in [1.82, 2.24) is 0 Å². The number of nitriles is 1. The first-order valence-electron chi connectivity index (χ1n) is 7.23. The second kappa shape index (κ2) is 9.40. The number of unbranched alkanes of at least 4 members (excludes halogenated alkanes) is 1. The van der Waals surface area contributed by atoms with Crippen molar-refractivity contribution in [3.05, 3.63) is 64.7 Å². The first-order chi connectivity index (χ1) is 10.8. The third-order valence-electron chi connectivity index (χ3n) is 3.12. The van der Waals surface area contributed by atoms with Gasteiger partial charge in [0.1, 0.15) is 5.75 Å². The zero-order chi connectivity index (χ0) is 15.6. The van der Waals surface area contributed by atoms with Crippen LogP contribution in [-0.2, 0) is 5.75 Å². The van der Waals surface area contributed by atoms with E-state index in [1.54, 1.807) is 0 Å². The van der Waals surface area contributed by atoms with E-state index >= 15 is 0 Å². The van der Waals surface area contributed by atoms with E-state index in [0.717, 1.165) is 41.7 Å². The van der Waals surface area contributed by atoms with E-state index in [0.29, 0.717) is 5.56 Å². The SMILES string of the molecule is N#Cc1ccc(CSCCCCOc2ccc(Cl)cc2)cc1. The van der Waals surface area contributed by atoms with E-state index in [1.165, 1.54) is 5.56 Å². The van der Waals surface area contributed by atoms with Crippen molar-refractivity contribution in [2.75, 3.05) is 12.4 Å². The molecule has 0 aliphatic rings. The molecule has 2 aromatic rings. The van der Waals surface area contributed by atoms with Gasteiger partial charge in [-0.25, -0.2) is 0 Å². The number of hydrogen-bond donors (Lipinski definition) is 0. The fraction of sp³-hybridized carbons (Fsp3) is 0.278. The van der Waals surface area contributed by atoms with Gasteiger partial charge in [0.2, 0.25) is 0 Å². The summed E-state index contributed by atoms with van der Waals surface area (Å²) in [5.41, 5.74) is 1.98. The van der Waals surface area contributed by atoms with Crippen LogP contribution in [0.3, 0.4) is 0 Å². The number of halogens is 1. The minimum absolute atomic E-state index is 0.716. The molecule has 0 spiro atoms. The standard InChI is InChI=1S/C18H18ClNOS/c19-17-7-9-18(10-8-17)21-11-1-2-12-22-14-16-5-3-15(13-20)4-6-16/h3-10H,1-2,11-12,14H2. The molecule has 0 saturated heterocycles. The Labute approximate surface area is 141 Å². The van der Waals surface area contributed by atoms with Crippen LogP contribution in [0.25, 0.3) is 0 Å². The average molecular weight is 332 g/mol. The summed E-state index contributed by atoms with van der Waals surface area (Å²) in [5, 5.41) is 9.48.